The van der Waals surface area contributed by atoms with Gasteiger partial charge in [0.25, 0.3) is 0 Å². The minimum atomic E-state index is -0.597. The summed E-state index contributed by atoms with van der Waals surface area (Å²) >= 11 is 0. The van der Waals surface area contributed by atoms with Crippen molar-refractivity contribution in [3.05, 3.63) is 29.1 Å². The normalized spacial score (nSPS) is 19.4. The summed E-state index contributed by atoms with van der Waals surface area (Å²) in [6.45, 7) is 0. The van der Waals surface area contributed by atoms with E-state index in [1.807, 2.05) is 0 Å². The van der Waals surface area contributed by atoms with Crippen molar-refractivity contribution in [3.8, 4) is 11.8 Å². The topological polar surface area (TPSA) is 59.0 Å². The van der Waals surface area contributed by atoms with Crippen molar-refractivity contribution in [1.82, 2.24) is 0 Å². The van der Waals surface area contributed by atoms with Gasteiger partial charge in [-0.2, -0.15) is 5.26 Å². The zero-order valence-electron chi connectivity index (χ0n) is 7.46. The highest BCUT2D eigenvalue weighted by Gasteiger charge is 2.21. The zero-order chi connectivity index (χ0) is 10.1. The van der Waals surface area contributed by atoms with Crippen LogP contribution in [0.25, 0.3) is 0 Å². The lowest BCUT2D eigenvalue weighted by molar-refractivity contribution is 0.172. The molecule has 1 atom stereocenters. The molecular weight excluding hydrogens is 183 g/mol. The molecule has 2 rings (SSSR count). The van der Waals surface area contributed by atoms with Gasteiger partial charge in [0.1, 0.15) is 12.3 Å². The minimum Gasteiger partial charge on any atom is -0.472 e. The summed E-state index contributed by atoms with van der Waals surface area (Å²) in [7, 11) is 0. The van der Waals surface area contributed by atoms with Gasteiger partial charge in [-0.05, 0) is 18.1 Å². The summed E-state index contributed by atoms with van der Waals surface area (Å²) in [4.78, 5) is 0. The van der Waals surface area contributed by atoms with Crippen LogP contribution in [-0.4, -0.2) is 6.23 Å². The molecule has 0 aliphatic carbocycles. The Morgan fingerprint density at radius 2 is 2.36 bits per heavy atom. The van der Waals surface area contributed by atoms with Crippen LogP contribution in [-0.2, 0) is 6.42 Å². The van der Waals surface area contributed by atoms with E-state index in [0.29, 0.717) is 12.8 Å². The molecule has 0 aromatic heterocycles. The number of nitriles is 1. The van der Waals surface area contributed by atoms with E-state index in [9.17, 15) is 4.39 Å². The molecule has 14 heavy (non-hydrogen) atoms. The van der Waals surface area contributed by atoms with Crippen LogP contribution in [0.4, 0.5) is 4.39 Å². The van der Waals surface area contributed by atoms with E-state index in [2.05, 4.69) is 0 Å². The van der Waals surface area contributed by atoms with Crippen molar-refractivity contribution in [3.63, 3.8) is 0 Å². The van der Waals surface area contributed by atoms with Gasteiger partial charge in [-0.15, -0.1) is 0 Å². The molecule has 2 N–H and O–H groups in total. The van der Waals surface area contributed by atoms with Crippen LogP contribution in [0.15, 0.2) is 12.1 Å². The highest BCUT2D eigenvalue weighted by molar-refractivity contribution is 5.45. The molecule has 0 radical (unpaired) electrons. The SMILES string of the molecule is N#Cc1ccc2c(c1F)O[C@@H](N)CC2. The average molecular weight is 192 g/mol. The maximum atomic E-state index is 13.5. The highest BCUT2D eigenvalue weighted by Crippen LogP contribution is 2.30. The van der Waals surface area contributed by atoms with E-state index >= 15 is 0 Å². The fourth-order valence-corrected chi connectivity index (χ4v) is 1.51. The van der Waals surface area contributed by atoms with Crippen molar-refractivity contribution in [2.45, 2.75) is 19.1 Å². The second-order valence-electron chi connectivity index (χ2n) is 3.22. The van der Waals surface area contributed by atoms with Gasteiger partial charge in [0, 0.05) is 6.42 Å². The minimum absolute atomic E-state index is 0.00199. The summed E-state index contributed by atoms with van der Waals surface area (Å²) < 4.78 is 18.7. The van der Waals surface area contributed by atoms with Crippen LogP contribution in [0, 0.1) is 17.1 Å². The van der Waals surface area contributed by atoms with E-state index in [0.717, 1.165) is 5.56 Å². The molecule has 0 amide bonds. The molecule has 3 nitrogen and oxygen atoms in total. The number of hydrogen-bond donors (Lipinski definition) is 1. The Hall–Kier alpha value is -1.60. The fraction of sp³-hybridized carbons (Fsp3) is 0.300. The van der Waals surface area contributed by atoms with Crippen LogP contribution in [0.5, 0.6) is 5.75 Å². The molecule has 0 spiro atoms. The van der Waals surface area contributed by atoms with Crippen LogP contribution >= 0.6 is 0 Å². The predicted octanol–water partition coefficient (Wildman–Crippen LogP) is 1.31. The number of hydrogen-bond acceptors (Lipinski definition) is 3. The van der Waals surface area contributed by atoms with Gasteiger partial charge in [0.2, 0.25) is 0 Å². The molecule has 0 bridgehead atoms. The number of fused-ring (bicyclic) bond motifs is 1. The first kappa shape index (κ1) is 8.97. The summed E-state index contributed by atoms with van der Waals surface area (Å²) in [6, 6.07) is 4.94. The Bertz CT molecular complexity index is 411. The van der Waals surface area contributed by atoms with Gasteiger partial charge < -0.3 is 4.74 Å². The fourth-order valence-electron chi connectivity index (χ4n) is 1.51. The number of nitrogens with two attached hydrogens (primary N) is 1. The Balaban J connectivity index is 2.52. The largest absolute Gasteiger partial charge is 0.472 e. The summed E-state index contributed by atoms with van der Waals surface area (Å²) in [5.41, 5.74) is 6.32. The number of ether oxygens (including phenoxy) is 1. The first-order valence-electron chi connectivity index (χ1n) is 4.36. The van der Waals surface area contributed by atoms with Crippen molar-refractivity contribution in [2.24, 2.45) is 5.73 Å². The van der Waals surface area contributed by atoms with Crippen LogP contribution in [0.1, 0.15) is 17.5 Å². The van der Waals surface area contributed by atoms with E-state index in [4.69, 9.17) is 15.7 Å². The third-order valence-corrected chi connectivity index (χ3v) is 2.27. The van der Waals surface area contributed by atoms with E-state index in [-0.39, 0.29) is 11.3 Å². The maximum absolute atomic E-state index is 13.5. The van der Waals surface area contributed by atoms with Crippen molar-refractivity contribution >= 4 is 0 Å². The first-order valence-corrected chi connectivity index (χ1v) is 4.36. The van der Waals surface area contributed by atoms with Crippen LogP contribution in [0.3, 0.4) is 0 Å². The maximum Gasteiger partial charge on any atom is 0.183 e. The Morgan fingerprint density at radius 3 is 3.07 bits per heavy atom. The van der Waals surface area contributed by atoms with E-state index < -0.39 is 12.0 Å². The van der Waals surface area contributed by atoms with Crippen LogP contribution in [0.2, 0.25) is 0 Å². The number of halogens is 1. The van der Waals surface area contributed by atoms with Gasteiger partial charge in [0.15, 0.2) is 11.6 Å². The van der Waals surface area contributed by atoms with Gasteiger partial charge in [-0.3, -0.25) is 5.73 Å². The summed E-state index contributed by atoms with van der Waals surface area (Å²) in [5.74, 6) is -0.456. The molecule has 1 aliphatic rings. The summed E-state index contributed by atoms with van der Waals surface area (Å²) in [5, 5.41) is 8.61. The first-order chi connectivity index (χ1) is 6.72. The molecule has 0 saturated carbocycles. The predicted molar refractivity (Wildman–Crippen MR) is 48.0 cm³/mol. The molecule has 72 valence electrons. The molecule has 4 heteroatoms. The number of benzene rings is 1. The van der Waals surface area contributed by atoms with Crippen molar-refractivity contribution in [2.75, 3.05) is 0 Å². The van der Waals surface area contributed by atoms with Gasteiger partial charge >= 0.3 is 0 Å². The number of nitrogens with zero attached hydrogens (tertiary/aromatic N) is 1. The average Bonchev–Trinajstić information content (AvgIpc) is 2.20. The lowest BCUT2D eigenvalue weighted by Crippen LogP contribution is -2.31. The van der Waals surface area contributed by atoms with Crippen LogP contribution < -0.4 is 10.5 Å². The molecule has 0 saturated heterocycles. The lowest BCUT2D eigenvalue weighted by Gasteiger charge is -2.23. The molecule has 0 unspecified atom stereocenters. The molecule has 1 aromatic rings. The quantitative estimate of drug-likeness (QED) is 0.674. The standard InChI is InChI=1S/C10H9FN2O/c11-9-7(5-12)2-1-6-3-4-8(13)14-10(6)9/h1-2,8H,3-4,13H2/t8-/m1/s1. The third kappa shape index (κ3) is 1.32. The third-order valence-electron chi connectivity index (χ3n) is 2.27. The zero-order valence-corrected chi connectivity index (χ0v) is 7.46. The van der Waals surface area contributed by atoms with Crippen molar-refractivity contribution in [1.29, 1.82) is 5.26 Å². The Morgan fingerprint density at radius 1 is 1.57 bits per heavy atom. The smallest absolute Gasteiger partial charge is 0.183 e. The molecule has 1 heterocycles. The molecular formula is C10H9FN2O. The van der Waals surface area contributed by atoms with Crippen molar-refractivity contribution < 1.29 is 9.13 Å². The Labute approximate surface area is 80.9 Å². The monoisotopic (exact) mass is 192 g/mol. The highest BCUT2D eigenvalue weighted by atomic mass is 19.1. The molecule has 0 fully saturated rings. The van der Waals surface area contributed by atoms with Gasteiger partial charge in [-0.1, -0.05) is 6.07 Å². The van der Waals surface area contributed by atoms with E-state index in [1.54, 1.807) is 12.1 Å². The lowest BCUT2D eigenvalue weighted by atomic mass is 10.0. The summed E-state index contributed by atoms with van der Waals surface area (Å²) in [6.07, 6.45) is 0.906. The molecule has 1 aliphatic heterocycles. The second kappa shape index (κ2) is 3.28. The van der Waals surface area contributed by atoms with Gasteiger partial charge in [0.05, 0.1) is 5.56 Å². The molecule has 1 aromatic carbocycles. The second-order valence-corrected chi connectivity index (χ2v) is 3.22. The van der Waals surface area contributed by atoms with Gasteiger partial charge in [-0.25, -0.2) is 4.39 Å². The number of rotatable bonds is 0. The van der Waals surface area contributed by atoms with E-state index in [1.165, 1.54) is 6.07 Å². The number of aryl methyl sites for hydroxylation is 1. The Kier molecular flexibility index (Phi) is 2.10.